The number of aliphatic hydroxyl groups is 1. The summed E-state index contributed by atoms with van der Waals surface area (Å²) in [6.45, 7) is 3.46. The van der Waals surface area contributed by atoms with Crippen LogP contribution in [0, 0.1) is 0 Å². The molecule has 3 N–H and O–H groups in total. The number of benzene rings is 3. The standard InChI is InChI=1S/C22H24ClNO2/c1-16(18-11-10-17-6-2-3-7-19(17)12-18)24-13-21(25)15-26-14-20-8-4-5-9-22(20)23/h2-12,16,21,24-25H,13-15H2,1H3/p+1/t16-,21+/m0/s1. The second kappa shape index (κ2) is 9.15. The third-order valence-corrected chi connectivity index (χ3v) is 4.96. The Morgan fingerprint density at radius 1 is 1.00 bits per heavy atom. The first kappa shape index (κ1) is 18.9. The van der Waals surface area contributed by atoms with Crippen molar-refractivity contribution in [2.75, 3.05) is 13.2 Å². The zero-order valence-electron chi connectivity index (χ0n) is 14.9. The van der Waals surface area contributed by atoms with Crippen molar-refractivity contribution in [1.29, 1.82) is 0 Å². The van der Waals surface area contributed by atoms with Crippen LogP contribution in [0.15, 0.2) is 66.7 Å². The number of rotatable bonds is 8. The maximum atomic E-state index is 10.2. The van der Waals surface area contributed by atoms with Gasteiger partial charge in [-0.25, -0.2) is 0 Å². The average molecular weight is 371 g/mol. The molecule has 0 spiro atoms. The van der Waals surface area contributed by atoms with E-state index < -0.39 is 6.10 Å². The molecule has 4 heteroatoms. The molecule has 3 aromatic carbocycles. The summed E-state index contributed by atoms with van der Waals surface area (Å²) in [5.74, 6) is 0. The van der Waals surface area contributed by atoms with Gasteiger partial charge in [-0.2, -0.15) is 0 Å². The van der Waals surface area contributed by atoms with Crippen molar-refractivity contribution in [2.45, 2.75) is 25.7 Å². The molecule has 0 saturated carbocycles. The van der Waals surface area contributed by atoms with Crippen molar-refractivity contribution in [1.82, 2.24) is 0 Å². The van der Waals surface area contributed by atoms with Gasteiger partial charge in [0.15, 0.2) is 0 Å². The Morgan fingerprint density at radius 2 is 1.73 bits per heavy atom. The van der Waals surface area contributed by atoms with Crippen molar-refractivity contribution in [2.24, 2.45) is 0 Å². The normalized spacial score (nSPS) is 13.7. The van der Waals surface area contributed by atoms with E-state index in [4.69, 9.17) is 16.3 Å². The Morgan fingerprint density at radius 3 is 2.54 bits per heavy atom. The first-order valence-electron chi connectivity index (χ1n) is 8.94. The molecule has 2 atom stereocenters. The Kier molecular flexibility index (Phi) is 6.64. The summed E-state index contributed by atoms with van der Waals surface area (Å²) in [7, 11) is 0. The van der Waals surface area contributed by atoms with Gasteiger partial charge in [0.25, 0.3) is 0 Å². The Hall–Kier alpha value is -1.91. The van der Waals surface area contributed by atoms with Gasteiger partial charge in [0.05, 0.1) is 13.2 Å². The molecule has 0 bridgehead atoms. The molecule has 0 aliphatic carbocycles. The number of hydrogen-bond acceptors (Lipinski definition) is 2. The van der Waals surface area contributed by atoms with Crippen LogP contribution < -0.4 is 5.32 Å². The lowest BCUT2D eigenvalue weighted by Crippen LogP contribution is -2.87. The lowest BCUT2D eigenvalue weighted by molar-refractivity contribution is -0.698. The zero-order valence-corrected chi connectivity index (χ0v) is 15.7. The molecule has 0 aliphatic rings. The monoisotopic (exact) mass is 370 g/mol. The van der Waals surface area contributed by atoms with Gasteiger partial charge < -0.3 is 15.2 Å². The smallest absolute Gasteiger partial charge is 0.126 e. The van der Waals surface area contributed by atoms with Crippen LogP contribution >= 0.6 is 11.6 Å². The highest BCUT2D eigenvalue weighted by Crippen LogP contribution is 2.18. The maximum Gasteiger partial charge on any atom is 0.126 e. The van der Waals surface area contributed by atoms with Crippen LogP contribution in [0.1, 0.15) is 24.1 Å². The fourth-order valence-corrected chi connectivity index (χ4v) is 3.17. The SMILES string of the molecule is C[C@H]([NH2+]C[C@@H](O)COCc1ccccc1Cl)c1ccc2ccccc2c1. The summed E-state index contributed by atoms with van der Waals surface area (Å²) in [5, 5.41) is 15.5. The predicted molar refractivity (Wildman–Crippen MR) is 106 cm³/mol. The second-order valence-electron chi connectivity index (χ2n) is 6.63. The van der Waals surface area contributed by atoms with E-state index in [1.54, 1.807) is 0 Å². The molecule has 0 saturated heterocycles. The number of ether oxygens (including phenoxy) is 1. The molecule has 136 valence electrons. The minimum absolute atomic E-state index is 0.276. The van der Waals surface area contributed by atoms with Gasteiger partial charge in [-0.1, -0.05) is 66.2 Å². The number of nitrogens with two attached hydrogens (primary N) is 1. The number of halogens is 1. The van der Waals surface area contributed by atoms with E-state index in [0.717, 1.165) is 5.56 Å². The minimum atomic E-state index is -0.514. The summed E-state index contributed by atoms with van der Waals surface area (Å²) in [6.07, 6.45) is -0.514. The third kappa shape index (κ3) is 5.05. The molecule has 0 fully saturated rings. The van der Waals surface area contributed by atoms with Crippen molar-refractivity contribution >= 4 is 22.4 Å². The van der Waals surface area contributed by atoms with Gasteiger partial charge in [0.1, 0.15) is 18.7 Å². The van der Waals surface area contributed by atoms with E-state index in [-0.39, 0.29) is 6.04 Å². The van der Waals surface area contributed by atoms with Crippen LogP contribution in [0.3, 0.4) is 0 Å². The fraction of sp³-hybridized carbons (Fsp3) is 0.273. The van der Waals surface area contributed by atoms with Gasteiger partial charge in [0, 0.05) is 10.6 Å². The van der Waals surface area contributed by atoms with E-state index in [2.05, 4.69) is 54.7 Å². The van der Waals surface area contributed by atoms with Crippen molar-refractivity contribution in [3.63, 3.8) is 0 Å². The molecule has 3 rings (SSSR count). The van der Waals surface area contributed by atoms with Crippen molar-refractivity contribution < 1.29 is 15.2 Å². The fourth-order valence-electron chi connectivity index (χ4n) is 2.98. The highest BCUT2D eigenvalue weighted by atomic mass is 35.5. The van der Waals surface area contributed by atoms with Crippen molar-refractivity contribution in [3.05, 3.63) is 82.9 Å². The summed E-state index contributed by atoms with van der Waals surface area (Å²) >= 11 is 6.10. The summed E-state index contributed by atoms with van der Waals surface area (Å²) in [5.41, 5.74) is 2.20. The molecular formula is C22H25ClNO2+. The summed E-state index contributed by atoms with van der Waals surface area (Å²) in [4.78, 5) is 0. The van der Waals surface area contributed by atoms with Gasteiger partial charge >= 0.3 is 0 Å². The zero-order chi connectivity index (χ0) is 18.4. The van der Waals surface area contributed by atoms with E-state index >= 15 is 0 Å². The molecule has 3 aromatic rings. The number of quaternary nitrogens is 1. The lowest BCUT2D eigenvalue weighted by atomic mass is 10.0. The van der Waals surface area contributed by atoms with Gasteiger partial charge in [0.2, 0.25) is 0 Å². The van der Waals surface area contributed by atoms with Crippen LogP contribution in [0.4, 0.5) is 0 Å². The topological polar surface area (TPSA) is 46.1 Å². The molecule has 0 aliphatic heterocycles. The van der Waals surface area contributed by atoms with E-state index in [1.165, 1.54) is 16.3 Å². The predicted octanol–water partition coefficient (Wildman–Crippen LogP) is 3.70. The lowest BCUT2D eigenvalue weighted by Gasteiger charge is -2.15. The van der Waals surface area contributed by atoms with Crippen LogP contribution in [0.25, 0.3) is 10.8 Å². The molecule has 26 heavy (non-hydrogen) atoms. The van der Waals surface area contributed by atoms with Crippen LogP contribution in [-0.2, 0) is 11.3 Å². The van der Waals surface area contributed by atoms with Gasteiger partial charge in [-0.15, -0.1) is 0 Å². The quantitative estimate of drug-likeness (QED) is 0.635. The Bertz CT molecular complexity index is 852. The molecule has 0 unspecified atom stereocenters. The third-order valence-electron chi connectivity index (χ3n) is 4.59. The van der Waals surface area contributed by atoms with Gasteiger partial charge in [-0.3, -0.25) is 0 Å². The van der Waals surface area contributed by atoms with Crippen LogP contribution in [0.5, 0.6) is 0 Å². The molecular weight excluding hydrogens is 346 g/mol. The summed E-state index contributed by atoms with van der Waals surface area (Å²) in [6, 6.07) is 22.8. The van der Waals surface area contributed by atoms with Crippen LogP contribution in [-0.4, -0.2) is 24.4 Å². The number of fused-ring (bicyclic) bond motifs is 1. The van der Waals surface area contributed by atoms with Gasteiger partial charge in [-0.05, 0) is 35.4 Å². The molecule has 0 amide bonds. The van der Waals surface area contributed by atoms with E-state index in [1.807, 2.05) is 24.3 Å². The van der Waals surface area contributed by atoms with E-state index in [0.29, 0.717) is 24.8 Å². The highest BCUT2D eigenvalue weighted by molar-refractivity contribution is 6.31. The first-order chi connectivity index (χ1) is 12.6. The maximum absolute atomic E-state index is 10.2. The minimum Gasteiger partial charge on any atom is -0.385 e. The van der Waals surface area contributed by atoms with E-state index in [9.17, 15) is 5.11 Å². The molecule has 3 nitrogen and oxygen atoms in total. The molecule has 0 aromatic heterocycles. The highest BCUT2D eigenvalue weighted by Gasteiger charge is 2.13. The molecule has 0 heterocycles. The second-order valence-corrected chi connectivity index (χ2v) is 7.03. The number of aliphatic hydroxyl groups excluding tert-OH is 1. The number of hydrogen-bond donors (Lipinski definition) is 2. The first-order valence-corrected chi connectivity index (χ1v) is 9.32. The summed E-state index contributed by atoms with van der Waals surface area (Å²) < 4.78 is 5.60. The van der Waals surface area contributed by atoms with Crippen LogP contribution in [0.2, 0.25) is 5.02 Å². The average Bonchev–Trinajstić information content (AvgIpc) is 2.67. The Labute approximate surface area is 159 Å². The van der Waals surface area contributed by atoms with Crippen molar-refractivity contribution in [3.8, 4) is 0 Å². The largest absolute Gasteiger partial charge is 0.385 e. The Balaban J connectivity index is 1.45. The molecule has 0 radical (unpaired) electrons.